The number of hydrogen-bond acceptors (Lipinski definition) is 4. The normalized spacial score (nSPS) is 5.55. The largest absolute Gasteiger partial charge is 1.00 e. The molecule has 0 aliphatic rings. The molecule has 0 aliphatic heterocycles. The van der Waals surface area contributed by atoms with Crippen molar-refractivity contribution in [3.8, 4) is 0 Å². The van der Waals surface area contributed by atoms with Crippen LogP contribution in [0.1, 0.15) is 0 Å². The van der Waals surface area contributed by atoms with E-state index >= 15 is 0 Å². The number of aliphatic carboxylic acids is 1. The predicted molar refractivity (Wildman–Crippen MR) is 32.0 cm³/mol. The molecule has 0 fully saturated rings. The third-order valence-electron chi connectivity index (χ3n) is 0.175. The van der Waals surface area contributed by atoms with E-state index in [0.29, 0.717) is 0 Å². The fraction of sp³-hybridized carbons (Fsp3) is 0.333. The van der Waals surface area contributed by atoms with Gasteiger partial charge in [-0.25, -0.2) is 0 Å². The number of rotatable bonds is 1. The molecule has 8 heteroatoms. The van der Waals surface area contributed by atoms with Crippen molar-refractivity contribution in [2.24, 2.45) is 5.73 Å². The van der Waals surface area contributed by atoms with Crippen molar-refractivity contribution < 1.29 is 54.5 Å². The van der Waals surface area contributed by atoms with Crippen molar-refractivity contribution >= 4 is 24.5 Å². The Hall–Kier alpha value is -0.0100. The van der Waals surface area contributed by atoms with Crippen molar-refractivity contribution in [1.82, 2.24) is 0 Å². The van der Waals surface area contributed by atoms with E-state index in [1.165, 1.54) is 0 Å². The zero-order valence-electron chi connectivity index (χ0n) is 5.81. The van der Waals surface area contributed by atoms with Crippen LogP contribution in [0.25, 0.3) is 0 Å². The monoisotopic (exact) mass is 195 g/mol. The quantitative estimate of drug-likeness (QED) is 0.362. The van der Waals surface area contributed by atoms with Gasteiger partial charge in [0.2, 0.25) is 6.16 Å². The average Bonchev–Trinajstić information content (AvgIpc) is 1.65. The maximum absolute atomic E-state index is 9.24. The summed E-state index contributed by atoms with van der Waals surface area (Å²) in [7, 11) is 0. The van der Waals surface area contributed by atoms with Crippen LogP contribution in [0.4, 0.5) is 4.79 Å². The molecule has 11 heavy (non-hydrogen) atoms. The summed E-state index contributed by atoms with van der Waals surface area (Å²) in [6.45, 7) is -0.278. The molecule has 0 aromatic carbocycles. The molecule has 0 aromatic rings. The van der Waals surface area contributed by atoms with Gasteiger partial charge in [-0.1, -0.05) is 0 Å². The molecular formula is C3H7ClNNaO5. The average molecular weight is 196 g/mol. The Morgan fingerprint density at radius 2 is 1.45 bits per heavy atom. The van der Waals surface area contributed by atoms with Gasteiger partial charge in [-0.05, 0) is 0 Å². The molecule has 0 aliphatic carbocycles. The van der Waals surface area contributed by atoms with Crippen molar-refractivity contribution in [1.29, 1.82) is 0 Å². The standard InChI is InChI=1S/C2H5NO2.CH2O3.ClH.Na/c3-1-2(4)5;2-1(3)4;;/h1,3H2,(H,4,5);(H2,2,3,4);1H;/q;;;+1/p-1. The number of hydrogen-bond donors (Lipinski definition) is 3. The Balaban J connectivity index is -0.0000000383. The maximum Gasteiger partial charge on any atom is 1.00 e. The molecule has 0 saturated heterocycles. The first kappa shape index (κ1) is 22.4. The Labute approximate surface area is 91.1 Å². The van der Waals surface area contributed by atoms with Gasteiger partial charge in [0.05, 0.1) is 6.54 Å². The number of carboxylic acid groups (broad SMARTS) is 3. The minimum atomic E-state index is -2.08. The van der Waals surface area contributed by atoms with Crippen LogP contribution in [0.15, 0.2) is 0 Å². The Bertz CT molecular complexity index is 106. The van der Waals surface area contributed by atoms with E-state index in [0.717, 1.165) is 0 Å². The second-order valence-corrected chi connectivity index (χ2v) is 0.864. The van der Waals surface area contributed by atoms with E-state index in [2.05, 4.69) is 5.73 Å². The van der Waals surface area contributed by atoms with E-state index in [4.69, 9.17) is 20.1 Å². The summed E-state index contributed by atoms with van der Waals surface area (Å²) in [6.07, 6.45) is -2.08. The van der Waals surface area contributed by atoms with Crippen molar-refractivity contribution in [3.63, 3.8) is 0 Å². The number of carbonyl (C=O) groups is 2. The zero-order valence-corrected chi connectivity index (χ0v) is 8.63. The van der Waals surface area contributed by atoms with Crippen molar-refractivity contribution in [3.05, 3.63) is 0 Å². The van der Waals surface area contributed by atoms with Crippen LogP contribution >= 0.6 is 12.4 Å². The third-order valence-corrected chi connectivity index (χ3v) is 0.175. The van der Waals surface area contributed by atoms with Gasteiger partial charge in [-0.3, -0.25) is 4.79 Å². The SMILES string of the molecule is Cl.NCC(=O)O.O=C([O-])O.[Na+]. The summed E-state index contributed by atoms with van der Waals surface area (Å²) >= 11 is 0. The first-order chi connectivity index (χ1) is 4.00. The van der Waals surface area contributed by atoms with Crippen LogP contribution in [-0.4, -0.2) is 28.9 Å². The summed E-state index contributed by atoms with van der Waals surface area (Å²) in [6, 6.07) is 0. The fourth-order valence-corrected chi connectivity index (χ4v) is 0. The molecule has 0 unspecified atom stereocenters. The first-order valence-electron chi connectivity index (χ1n) is 1.82. The molecule has 6 nitrogen and oxygen atoms in total. The molecule has 0 amide bonds. The van der Waals surface area contributed by atoms with Crippen LogP contribution in [0.2, 0.25) is 0 Å². The molecule has 0 radical (unpaired) electrons. The van der Waals surface area contributed by atoms with E-state index < -0.39 is 12.1 Å². The van der Waals surface area contributed by atoms with Gasteiger partial charge in [0.1, 0.15) is 0 Å². The zero-order chi connectivity index (χ0) is 7.86. The molecule has 0 heterocycles. The molecule has 0 rings (SSSR count). The summed E-state index contributed by atoms with van der Waals surface area (Å²) in [4.78, 5) is 17.7. The van der Waals surface area contributed by atoms with Gasteiger partial charge in [0, 0.05) is 0 Å². The van der Waals surface area contributed by atoms with Gasteiger partial charge in [0.15, 0.2) is 0 Å². The van der Waals surface area contributed by atoms with Crippen LogP contribution < -0.4 is 40.4 Å². The van der Waals surface area contributed by atoms with Crippen LogP contribution in [0, 0.1) is 0 Å². The molecular weight excluding hydrogens is 188 g/mol. The minimum absolute atomic E-state index is 0. The fourth-order valence-electron chi connectivity index (χ4n) is 0. The van der Waals surface area contributed by atoms with Gasteiger partial charge in [-0.2, -0.15) is 0 Å². The minimum Gasteiger partial charge on any atom is -0.565 e. The van der Waals surface area contributed by atoms with Crippen LogP contribution in [-0.2, 0) is 4.79 Å². The number of carboxylic acids is 1. The number of halogens is 1. The molecule has 0 saturated carbocycles. The molecule has 0 spiro atoms. The van der Waals surface area contributed by atoms with Gasteiger partial charge in [-0.15, -0.1) is 12.4 Å². The van der Waals surface area contributed by atoms with E-state index in [-0.39, 0.29) is 48.5 Å². The molecule has 62 valence electrons. The third kappa shape index (κ3) is 161. The second-order valence-electron chi connectivity index (χ2n) is 0.864. The van der Waals surface area contributed by atoms with Gasteiger partial charge in [0.25, 0.3) is 0 Å². The smallest absolute Gasteiger partial charge is 0.565 e. The van der Waals surface area contributed by atoms with Gasteiger partial charge < -0.3 is 25.8 Å². The molecule has 4 N–H and O–H groups in total. The second kappa shape index (κ2) is 16.5. The molecule has 0 bridgehead atoms. The Morgan fingerprint density at radius 1 is 1.36 bits per heavy atom. The summed E-state index contributed by atoms with van der Waals surface area (Å²) in [5.41, 5.74) is 4.57. The van der Waals surface area contributed by atoms with Gasteiger partial charge >= 0.3 is 35.5 Å². The topological polar surface area (TPSA) is 124 Å². The van der Waals surface area contributed by atoms with Crippen LogP contribution in [0.3, 0.4) is 0 Å². The summed E-state index contributed by atoms with van der Waals surface area (Å²) in [5, 5.41) is 22.9. The van der Waals surface area contributed by atoms with Crippen LogP contribution in [0.5, 0.6) is 0 Å². The predicted octanol–water partition coefficient (Wildman–Crippen LogP) is -4.66. The summed E-state index contributed by atoms with van der Waals surface area (Å²) < 4.78 is 0. The maximum atomic E-state index is 9.24. The summed E-state index contributed by atoms with van der Waals surface area (Å²) in [5.74, 6) is -0.968. The molecule has 0 atom stereocenters. The van der Waals surface area contributed by atoms with Crippen molar-refractivity contribution in [2.45, 2.75) is 0 Å². The molecule has 0 aromatic heterocycles. The first-order valence-corrected chi connectivity index (χ1v) is 1.82. The van der Waals surface area contributed by atoms with Crippen molar-refractivity contribution in [2.75, 3.05) is 6.54 Å². The van der Waals surface area contributed by atoms with E-state index in [1.807, 2.05) is 0 Å². The van der Waals surface area contributed by atoms with E-state index in [1.54, 1.807) is 0 Å². The Morgan fingerprint density at radius 3 is 1.45 bits per heavy atom. The Kier molecular flexibility index (Phi) is 33.7. The van der Waals surface area contributed by atoms with E-state index in [9.17, 15) is 4.79 Å². The number of nitrogens with two attached hydrogens (primary N) is 1.